The molecular formula is C16H20N4+2. The molecule has 20 heavy (non-hydrogen) atoms. The van der Waals surface area contributed by atoms with Gasteiger partial charge in [0.25, 0.3) is 0 Å². The summed E-state index contributed by atoms with van der Waals surface area (Å²) in [5, 5.41) is 0. The summed E-state index contributed by atoms with van der Waals surface area (Å²) in [6.45, 7) is 6.27. The van der Waals surface area contributed by atoms with Crippen LogP contribution in [0.25, 0.3) is 11.4 Å². The highest BCUT2D eigenvalue weighted by atomic mass is 15.1. The summed E-state index contributed by atoms with van der Waals surface area (Å²) in [4.78, 5) is 0. The van der Waals surface area contributed by atoms with Crippen molar-refractivity contribution in [2.45, 2.75) is 26.9 Å². The zero-order valence-electron chi connectivity index (χ0n) is 12.0. The SMILES string of the molecule is CC[n+]1ccn(-c2ccc(-n3cc[n+](CC)c3)cc2)c1. The van der Waals surface area contributed by atoms with E-state index in [1.165, 1.54) is 11.4 Å². The summed E-state index contributed by atoms with van der Waals surface area (Å²) < 4.78 is 8.58. The zero-order valence-corrected chi connectivity index (χ0v) is 12.0. The zero-order chi connectivity index (χ0) is 13.9. The van der Waals surface area contributed by atoms with Crippen LogP contribution >= 0.6 is 0 Å². The largest absolute Gasteiger partial charge is 0.248 e. The van der Waals surface area contributed by atoms with E-state index < -0.39 is 0 Å². The first-order valence-electron chi connectivity index (χ1n) is 7.05. The Morgan fingerprint density at radius 2 is 1.15 bits per heavy atom. The van der Waals surface area contributed by atoms with E-state index in [0.29, 0.717) is 0 Å². The second-order valence-electron chi connectivity index (χ2n) is 4.82. The lowest BCUT2D eigenvalue weighted by Crippen LogP contribution is -2.28. The van der Waals surface area contributed by atoms with Gasteiger partial charge in [-0.3, -0.25) is 0 Å². The first kappa shape index (κ1) is 12.7. The molecule has 102 valence electrons. The van der Waals surface area contributed by atoms with E-state index >= 15 is 0 Å². The van der Waals surface area contributed by atoms with Gasteiger partial charge < -0.3 is 0 Å². The molecule has 0 saturated heterocycles. The minimum absolute atomic E-state index is 0.992. The highest BCUT2D eigenvalue weighted by molar-refractivity contribution is 5.41. The van der Waals surface area contributed by atoms with E-state index in [1.807, 2.05) is 0 Å². The van der Waals surface area contributed by atoms with Gasteiger partial charge >= 0.3 is 0 Å². The fraction of sp³-hybridized carbons (Fsp3) is 0.250. The van der Waals surface area contributed by atoms with E-state index in [-0.39, 0.29) is 0 Å². The van der Waals surface area contributed by atoms with Crippen molar-refractivity contribution < 1.29 is 9.13 Å². The van der Waals surface area contributed by atoms with Crippen LogP contribution in [0.5, 0.6) is 0 Å². The van der Waals surface area contributed by atoms with Crippen molar-refractivity contribution >= 4 is 0 Å². The lowest BCUT2D eigenvalue weighted by molar-refractivity contribution is -0.692. The molecule has 2 heterocycles. The van der Waals surface area contributed by atoms with Crippen molar-refractivity contribution in [3.05, 3.63) is 61.7 Å². The predicted molar refractivity (Wildman–Crippen MR) is 76.8 cm³/mol. The number of hydrogen-bond acceptors (Lipinski definition) is 0. The Morgan fingerprint density at radius 3 is 1.45 bits per heavy atom. The molecular weight excluding hydrogens is 248 g/mol. The summed E-state index contributed by atoms with van der Waals surface area (Å²) in [5.41, 5.74) is 2.35. The topological polar surface area (TPSA) is 17.6 Å². The van der Waals surface area contributed by atoms with Crippen LogP contribution in [0.1, 0.15) is 13.8 Å². The molecule has 0 bridgehead atoms. The van der Waals surface area contributed by atoms with Crippen LogP contribution in [0.15, 0.2) is 61.7 Å². The Labute approximate surface area is 119 Å². The van der Waals surface area contributed by atoms with E-state index in [9.17, 15) is 0 Å². The molecule has 0 radical (unpaired) electrons. The van der Waals surface area contributed by atoms with Crippen LogP contribution in [-0.4, -0.2) is 9.13 Å². The highest BCUT2D eigenvalue weighted by Crippen LogP contribution is 2.12. The van der Waals surface area contributed by atoms with Crippen molar-refractivity contribution in [3.63, 3.8) is 0 Å². The van der Waals surface area contributed by atoms with Gasteiger partial charge in [-0.05, 0) is 38.1 Å². The third-order valence-electron chi connectivity index (χ3n) is 3.56. The molecule has 1 aromatic carbocycles. The molecule has 3 aromatic rings. The van der Waals surface area contributed by atoms with Gasteiger partial charge in [0, 0.05) is 0 Å². The Kier molecular flexibility index (Phi) is 3.37. The molecule has 0 spiro atoms. The van der Waals surface area contributed by atoms with E-state index in [0.717, 1.165) is 13.1 Å². The predicted octanol–water partition coefficient (Wildman–Crippen LogP) is 1.88. The molecule has 0 atom stereocenters. The van der Waals surface area contributed by atoms with Gasteiger partial charge in [-0.1, -0.05) is 0 Å². The molecule has 4 heteroatoms. The standard InChI is InChI=1S/C16H20N4/c1-3-17-9-11-19(13-17)15-5-7-16(8-6-15)20-12-10-18(4-2)14-20/h5-14H,3-4H2,1-2H3/q+2. The van der Waals surface area contributed by atoms with Crippen LogP contribution in [0.3, 0.4) is 0 Å². The lowest BCUT2D eigenvalue weighted by Gasteiger charge is -1.98. The Morgan fingerprint density at radius 1 is 0.750 bits per heavy atom. The summed E-state index contributed by atoms with van der Waals surface area (Å²) in [6, 6.07) is 8.58. The van der Waals surface area contributed by atoms with Crippen LogP contribution in [0.4, 0.5) is 0 Å². The third-order valence-corrected chi connectivity index (χ3v) is 3.56. The quantitative estimate of drug-likeness (QED) is 0.643. The fourth-order valence-corrected chi connectivity index (χ4v) is 2.26. The molecule has 3 rings (SSSR count). The first-order valence-corrected chi connectivity index (χ1v) is 7.05. The average Bonchev–Trinajstić information content (AvgIpc) is 3.16. The number of aryl methyl sites for hydroxylation is 2. The van der Waals surface area contributed by atoms with Crippen molar-refractivity contribution in [1.29, 1.82) is 0 Å². The number of hydrogen-bond donors (Lipinski definition) is 0. The lowest BCUT2D eigenvalue weighted by atomic mass is 10.3. The van der Waals surface area contributed by atoms with Gasteiger partial charge in [0.05, 0.1) is 13.1 Å². The maximum Gasteiger partial charge on any atom is 0.248 e. The van der Waals surface area contributed by atoms with Gasteiger partial charge in [0.1, 0.15) is 36.2 Å². The molecule has 0 N–H and O–H groups in total. The molecule has 0 saturated carbocycles. The van der Waals surface area contributed by atoms with Crippen LogP contribution in [0.2, 0.25) is 0 Å². The van der Waals surface area contributed by atoms with Gasteiger partial charge in [-0.2, -0.15) is 0 Å². The van der Waals surface area contributed by atoms with Crippen LogP contribution < -0.4 is 9.13 Å². The Hall–Kier alpha value is -2.36. The maximum atomic E-state index is 2.16. The number of aromatic nitrogens is 4. The molecule has 0 aliphatic rings. The van der Waals surface area contributed by atoms with Crippen LogP contribution in [-0.2, 0) is 13.1 Å². The van der Waals surface area contributed by atoms with Gasteiger partial charge in [-0.15, -0.1) is 0 Å². The molecule has 4 nitrogen and oxygen atoms in total. The second kappa shape index (κ2) is 5.33. The molecule has 0 aliphatic heterocycles. The monoisotopic (exact) mass is 268 g/mol. The van der Waals surface area contributed by atoms with Gasteiger partial charge in [-0.25, -0.2) is 18.3 Å². The summed E-state index contributed by atoms with van der Waals surface area (Å²) in [7, 11) is 0. The first-order chi connectivity index (χ1) is 9.80. The fourth-order valence-electron chi connectivity index (χ4n) is 2.26. The van der Waals surface area contributed by atoms with E-state index in [1.54, 1.807) is 0 Å². The third kappa shape index (κ3) is 2.37. The highest BCUT2D eigenvalue weighted by Gasteiger charge is 2.08. The maximum absolute atomic E-state index is 2.16. The minimum Gasteiger partial charge on any atom is -0.237 e. The molecule has 2 aromatic heterocycles. The summed E-state index contributed by atoms with van der Waals surface area (Å²) >= 11 is 0. The summed E-state index contributed by atoms with van der Waals surface area (Å²) in [5.74, 6) is 0. The average molecular weight is 268 g/mol. The number of benzene rings is 1. The number of rotatable bonds is 4. The van der Waals surface area contributed by atoms with Crippen molar-refractivity contribution in [3.8, 4) is 11.4 Å². The second-order valence-corrected chi connectivity index (χ2v) is 4.82. The van der Waals surface area contributed by atoms with E-state index in [2.05, 4.69) is 93.8 Å². The number of nitrogens with zero attached hydrogens (tertiary/aromatic N) is 4. The van der Waals surface area contributed by atoms with Crippen LogP contribution in [0, 0.1) is 0 Å². The van der Waals surface area contributed by atoms with Crippen molar-refractivity contribution in [2.75, 3.05) is 0 Å². The number of imidazole rings is 2. The minimum atomic E-state index is 0.992. The molecule has 0 fully saturated rings. The van der Waals surface area contributed by atoms with Crippen molar-refractivity contribution in [2.24, 2.45) is 0 Å². The molecule has 0 aliphatic carbocycles. The Balaban J connectivity index is 1.87. The van der Waals surface area contributed by atoms with Gasteiger partial charge in [0.2, 0.25) is 12.7 Å². The van der Waals surface area contributed by atoms with E-state index in [4.69, 9.17) is 0 Å². The Bertz CT molecular complexity index is 630. The van der Waals surface area contributed by atoms with Gasteiger partial charge in [0.15, 0.2) is 0 Å². The molecule has 0 unspecified atom stereocenters. The smallest absolute Gasteiger partial charge is 0.237 e. The molecule has 0 amide bonds. The van der Waals surface area contributed by atoms with Crippen molar-refractivity contribution in [1.82, 2.24) is 9.13 Å². The normalized spacial score (nSPS) is 10.9. The summed E-state index contributed by atoms with van der Waals surface area (Å²) in [6.07, 6.45) is 12.6.